The van der Waals surface area contributed by atoms with Gasteiger partial charge in [0.15, 0.2) is 0 Å². The number of hydrogen-bond acceptors (Lipinski definition) is 3. The molecule has 0 saturated carbocycles. The van der Waals surface area contributed by atoms with Crippen molar-refractivity contribution in [2.75, 3.05) is 32.8 Å². The van der Waals surface area contributed by atoms with Crippen LogP contribution >= 0.6 is 0 Å². The molecular weight excluding hydrogens is 371 g/mol. The Labute approximate surface area is 171 Å². The smallest absolute Gasteiger partial charge is 0.227 e. The second-order valence-corrected chi connectivity index (χ2v) is 7.15. The van der Waals surface area contributed by atoms with Gasteiger partial charge in [-0.15, -0.1) is 0 Å². The number of carbonyl (C=O) groups excluding carboxylic acids is 2. The van der Waals surface area contributed by atoms with Gasteiger partial charge >= 0.3 is 0 Å². The molecule has 5 nitrogen and oxygen atoms in total. The zero-order valence-electron chi connectivity index (χ0n) is 16.8. The van der Waals surface area contributed by atoms with Gasteiger partial charge in [0.05, 0.1) is 13.0 Å². The van der Waals surface area contributed by atoms with E-state index in [4.69, 9.17) is 4.74 Å². The molecule has 1 aliphatic heterocycles. The van der Waals surface area contributed by atoms with Crippen molar-refractivity contribution >= 4 is 11.8 Å². The predicted molar refractivity (Wildman–Crippen MR) is 109 cm³/mol. The van der Waals surface area contributed by atoms with Crippen LogP contribution in [0.3, 0.4) is 0 Å². The van der Waals surface area contributed by atoms with Gasteiger partial charge in [-0.05, 0) is 48.7 Å². The number of benzene rings is 2. The molecular formula is C23H27FN2O3. The maximum atomic E-state index is 13.2. The van der Waals surface area contributed by atoms with Crippen LogP contribution in [0.5, 0.6) is 5.75 Å². The first kappa shape index (κ1) is 20.8. The van der Waals surface area contributed by atoms with Crippen molar-refractivity contribution in [2.24, 2.45) is 0 Å². The standard InChI is InChI=1S/C23H27FN2O3/c1-2-29-21-9-6-19(7-10-21)17-23(28)26-14-12-25(13-15-26)22(27)11-8-18-4-3-5-20(24)16-18/h3-7,9-10,16H,2,8,11-15,17H2,1H3. The van der Waals surface area contributed by atoms with Gasteiger partial charge in [-0.25, -0.2) is 4.39 Å². The number of ether oxygens (including phenoxy) is 1. The SMILES string of the molecule is CCOc1ccc(CC(=O)N2CCN(C(=O)CCc3cccc(F)c3)CC2)cc1. The van der Waals surface area contributed by atoms with Gasteiger partial charge in [0.1, 0.15) is 11.6 Å². The van der Waals surface area contributed by atoms with E-state index in [9.17, 15) is 14.0 Å². The summed E-state index contributed by atoms with van der Waals surface area (Å²) in [6, 6.07) is 13.9. The van der Waals surface area contributed by atoms with Crippen molar-refractivity contribution in [2.45, 2.75) is 26.2 Å². The minimum absolute atomic E-state index is 0.0490. The van der Waals surface area contributed by atoms with E-state index in [-0.39, 0.29) is 17.6 Å². The Hall–Kier alpha value is -2.89. The predicted octanol–water partition coefficient (Wildman–Crippen LogP) is 3.07. The number of hydrogen-bond donors (Lipinski definition) is 0. The van der Waals surface area contributed by atoms with E-state index < -0.39 is 0 Å². The molecule has 0 N–H and O–H groups in total. The average Bonchev–Trinajstić information content (AvgIpc) is 2.74. The molecule has 2 aromatic rings. The summed E-state index contributed by atoms with van der Waals surface area (Å²) in [4.78, 5) is 28.6. The van der Waals surface area contributed by atoms with Crippen LogP contribution < -0.4 is 4.74 Å². The van der Waals surface area contributed by atoms with Crippen molar-refractivity contribution in [1.82, 2.24) is 9.80 Å². The van der Waals surface area contributed by atoms with Crippen LogP contribution in [0.2, 0.25) is 0 Å². The molecule has 0 unspecified atom stereocenters. The highest BCUT2D eigenvalue weighted by Gasteiger charge is 2.24. The lowest BCUT2D eigenvalue weighted by Crippen LogP contribution is -2.51. The maximum Gasteiger partial charge on any atom is 0.227 e. The van der Waals surface area contributed by atoms with E-state index in [0.717, 1.165) is 16.9 Å². The van der Waals surface area contributed by atoms with Gasteiger partial charge in [0, 0.05) is 32.6 Å². The fourth-order valence-corrected chi connectivity index (χ4v) is 3.46. The number of rotatable bonds is 7. The van der Waals surface area contributed by atoms with Crippen molar-refractivity contribution in [1.29, 1.82) is 0 Å². The normalized spacial score (nSPS) is 14.0. The van der Waals surface area contributed by atoms with Gasteiger partial charge in [-0.3, -0.25) is 9.59 Å². The highest BCUT2D eigenvalue weighted by Crippen LogP contribution is 2.14. The van der Waals surface area contributed by atoms with Crippen LogP contribution in [0.4, 0.5) is 4.39 Å². The number of carbonyl (C=O) groups is 2. The Morgan fingerprint density at radius 1 is 0.931 bits per heavy atom. The van der Waals surface area contributed by atoms with Crippen LogP contribution in [-0.4, -0.2) is 54.4 Å². The molecule has 0 aliphatic carbocycles. The molecule has 0 radical (unpaired) electrons. The van der Waals surface area contributed by atoms with E-state index in [2.05, 4.69) is 0 Å². The van der Waals surface area contributed by atoms with Crippen molar-refractivity contribution in [3.63, 3.8) is 0 Å². The molecule has 0 bridgehead atoms. The molecule has 154 valence electrons. The Bertz CT molecular complexity index is 830. The van der Waals surface area contributed by atoms with E-state index in [0.29, 0.717) is 52.0 Å². The molecule has 0 atom stereocenters. The number of halogens is 1. The fraction of sp³-hybridized carbons (Fsp3) is 0.391. The van der Waals surface area contributed by atoms with Gasteiger partial charge in [0.2, 0.25) is 11.8 Å². The van der Waals surface area contributed by atoms with E-state index in [1.165, 1.54) is 12.1 Å². The van der Waals surface area contributed by atoms with Gasteiger partial charge < -0.3 is 14.5 Å². The Morgan fingerprint density at radius 3 is 2.21 bits per heavy atom. The van der Waals surface area contributed by atoms with Crippen molar-refractivity contribution in [3.8, 4) is 5.75 Å². The lowest BCUT2D eigenvalue weighted by molar-refractivity contribution is -0.139. The lowest BCUT2D eigenvalue weighted by Gasteiger charge is -2.35. The molecule has 1 saturated heterocycles. The summed E-state index contributed by atoms with van der Waals surface area (Å²) >= 11 is 0. The first-order valence-corrected chi connectivity index (χ1v) is 10.1. The summed E-state index contributed by atoms with van der Waals surface area (Å²) in [5.74, 6) is 0.637. The molecule has 1 aliphatic rings. The third kappa shape index (κ3) is 6.04. The zero-order chi connectivity index (χ0) is 20.6. The molecule has 29 heavy (non-hydrogen) atoms. The molecule has 6 heteroatoms. The monoisotopic (exact) mass is 398 g/mol. The average molecular weight is 398 g/mol. The molecule has 0 spiro atoms. The number of aryl methyl sites for hydroxylation is 1. The van der Waals surface area contributed by atoms with Crippen LogP contribution in [0.1, 0.15) is 24.5 Å². The minimum atomic E-state index is -0.283. The fourth-order valence-electron chi connectivity index (χ4n) is 3.46. The highest BCUT2D eigenvalue weighted by molar-refractivity contribution is 5.80. The minimum Gasteiger partial charge on any atom is -0.494 e. The lowest BCUT2D eigenvalue weighted by atomic mass is 10.1. The molecule has 3 rings (SSSR count). The Balaban J connectivity index is 1.43. The van der Waals surface area contributed by atoms with Crippen molar-refractivity contribution < 1.29 is 18.7 Å². The van der Waals surface area contributed by atoms with Crippen LogP contribution in [0.15, 0.2) is 48.5 Å². The highest BCUT2D eigenvalue weighted by atomic mass is 19.1. The summed E-state index contributed by atoms with van der Waals surface area (Å²) < 4.78 is 18.7. The largest absolute Gasteiger partial charge is 0.494 e. The summed E-state index contributed by atoms with van der Waals surface area (Å²) in [6.07, 6.45) is 1.22. The molecule has 1 fully saturated rings. The second-order valence-electron chi connectivity index (χ2n) is 7.15. The third-order valence-corrected chi connectivity index (χ3v) is 5.09. The molecule has 1 heterocycles. The summed E-state index contributed by atoms with van der Waals surface area (Å²) in [6.45, 7) is 4.71. The van der Waals surface area contributed by atoms with E-state index >= 15 is 0 Å². The quantitative estimate of drug-likeness (QED) is 0.720. The number of nitrogens with zero attached hydrogens (tertiary/aromatic N) is 2. The topological polar surface area (TPSA) is 49.9 Å². The molecule has 2 aromatic carbocycles. The number of piperazine rings is 1. The zero-order valence-corrected chi connectivity index (χ0v) is 16.8. The van der Waals surface area contributed by atoms with Crippen LogP contribution in [0.25, 0.3) is 0 Å². The first-order chi connectivity index (χ1) is 14.0. The van der Waals surface area contributed by atoms with E-state index in [1.54, 1.807) is 11.0 Å². The second kappa shape index (κ2) is 10.0. The Kier molecular flexibility index (Phi) is 7.22. The first-order valence-electron chi connectivity index (χ1n) is 10.1. The van der Waals surface area contributed by atoms with Gasteiger partial charge in [-0.2, -0.15) is 0 Å². The van der Waals surface area contributed by atoms with Gasteiger partial charge in [-0.1, -0.05) is 24.3 Å². The van der Waals surface area contributed by atoms with Crippen LogP contribution in [0, 0.1) is 5.82 Å². The third-order valence-electron chi connectivity index (χ3n) is 5.09. The Morgan fingerprint density at radius 2 is 1.59 bits per heavy atom. The summed E-state index contributed by atoms with van der Waals surface area (Å²) in [7, 11) is 0. The molecule has 2 amide bonds. The summed E-state index contributed by atoms with van der Waals surface area (Å²) in [5, 5.41) is 0. The van der Waals surface area contributed by atoms with E-state index in [1.807, 2.05) is 42.2 Å². The van der Waals surface area contributed by atoms with Crippen LogP contribution in [-0.2, 0) is 22.4 Å². The van der Waals surface area contributed by atoms with Crippen molar-refractivity contribution in [3.05, 3.63) is 65.5 Å². The maximum absolute atomic E-state index is 13.2. The molecule has 0 aromatic heterocycles. The summed E-state index contributed by atoms with van der Waals surface area (Å²) in [5.41, 5.74) is 1.77. The van der Waals surface area contributed by atoms with Gasteiger partial charge in [0.25, 0.3) is 0 Å². The number of amides is 2.